The van der Waals surface area contributed by atoms with Crippen LogP contribution in [0.3, 0.4) is 0 Å². The van der Waals surface area contributed by atoms with E-state index in [1.807, 2.05) is 0 Å². The van der Waals surface area contributed by atoms with E-state index in [1.54, 1.807) is 16.4 Å². The Morgan fingerprint density at radius 1 is 1.25 bits per heavy atom. The van der Waals surface area contributed by atoms with Gasteiger partial charge in [0, 0.05) is 36.1 Å². The summed E-state index contributed by atoms with van der Waals surface area (Å²) in [5, 5.41) is 3.98. The van der Waals surface area contributed by atoms with Crippen molar-refractivity contribution in [2.45, 2.75) is 30.2 Å². The second-order valence-corrected chi connectivity index (χ2v) is 8.41. The van der Waals surface area contributed by atoms with Crippen molar-refractivity contribution in [3.8, 4) is 0 Å². The molecule has 1 aliphatic carbocycles. The van der Waals surface area contributed by atoms with E-state index in [0.717, 1.165) is 32.0 Å². The first-order valence-corrected chi connectivity index (χ1v) is 9.78. The van der Waals surface area contributed by atoms with Gasteiger partial charge in [0.15, 0.2) is 5.82 Å². The maximum absolute atomic E-state index is 14.3. The molecule has 1 aliphatic heterocycles. The summed E-state index contributed by atoms with van der Waals surface area (Å²) in [6.45, 7) is 1.95. The van der Waals surface area contributed by atoms with Crippen LogP contribution in [-0.2, 0) is 10.0 Å². The zero-order valence-corrected chi connectivity index (χ0v) is 14.1. The molecule has 4 rings (SSSR count). The van der Waals surface area contributed by atoms with Crippen LogP contribution in [0, 0.1) is 11.7 Å². The van der Waals surface area contributed by atoms with Crippen molar-refractivity contribution in [2.75, 3.05) is 19.6 Å². The van der Waals surface area contributed by atoms with Gasteiger partial charge in [-0.1, -0.05) is 12.1 Å². The van der Waals surface area contributed by atoms with Gasteiger partial charge in [-0.15, -0.1) is 0 Å². The van der Waals surface area contributed by atoms with Crippen LogP contribution in [0.25, 0.3) is 10.8 Å². The van der Waals surface area contributed by atoms with Gasteiger partial charge in [-0.3, -0.25) is 4.98 Å². The van der Waals surface area contributed by atoms with Crippen molar-refractivity contribution in [1.82, 2.24) is 14.6 Å². The minimum Gasteiger partial charge on any atom is -0.315 e. The van der Waals surface area contributed by atoms with E-state index in [9.17, 15) is 12.8 Å². The Morgan fingerprint density at radius 3 is 2.88 bits per heavy atom. The first-order valence-electron chi connectivity index (χ1n) is 8.34. The van der Waals surface area contributed by atoms with Crippen LogP contribution in [0.2, 0.25) is 0 Å². The Kier molecular flexibility index (Phi) is 4.02. The maximum atomic E-state index is 14.3. The molecule has 0 amide bonds. The number of halogens is 1. The Balaban J connectivity index is 1.85. The summed E-state index contributed by atoms with van der Waals surface area (Å²) in [5.74, 6) is -0.186. The molecular formula is C17H20FN3O2S. The van der Waals surface area contributed by atoms with Crippen LogP contribution in [0.5, 0.6) is 0 Å². The molecular weight excluding hydrogens is 329 g/mol. The smallest absolute Gasteiger partial charge is 0.244 e. The van der Waals surface area contributed by atoms with Gasteiger partial charge in [-0.25, -0.2) is 12.8 Å². The summed E-state index contributed by atoms with van der Waals surface area (Å²) in [7, 11) is -3.76. The third kappa shape index (κ3) is 2.70. The van der Waals surface area contributed by atoms with E-state index in [2.05, 4.69) is 10.3 Å². The predicted molar refractivity (Wildman–Crippen MR) is 89.6 cm³/mol. The van der Waals surface area contributed by atoms with Crippen molar-refractivity contribution < 1.29 is 12.8 Å². The average molecular weight is 349 g/mol. The van der Waals surface area contributed by atoms with Crippen LogP contribution in [0.15, 0.2) is 35.5 Å². The van der Waals surface area contributed by atoms with E-state index < -0.39 is 15.8 Å². The Hall–Kier alpha value is -1.57. The lowest BCUT2D eigenvalue weighted by atomic mass is 10.2. The van der Waals surface area contributed by atoms with E-state index in [0.29, 0.717) is 24.4 Å². The first kappa shape index (κ1) is 15.9. The molecule has 2 aliphatic rings. The molecule has 2 fully saturated rings. The molecule has 7 heteroatoms. The molecule has 1 N–H and O–H groups in total. The van der Waals surface area contributed by atoms with Crippen LogP contribution < -0.4 is 5.32 Å². The molecule has 5 nitrogen and oxygen atoms in total. The first-order chi connectivity index (χ1) is 11.6. The third-order valence-electron chi connectivity index (χ3n) is 4.91. The molecule has 24 heavy (non-hydrogen) atoms. The van der Waals surface area contributed by atoms with E-state index >= 15 is 0 Å². The maximum Gasteiger partial charge on any atom is 0.244 e. The number of rotatable bonds is 3. The predicted octanol–water partition coefficient (Wildman–Crippen LogP) is 2.14. The highest BCUT2D eigenvalue weighted by atomic mass is 32.2. The molecule has 1 aromatic carbocycles. The lowest BCUT2D eigenvalue weighted by molar-refractivity contribution is 0.306. The van der Waals surface area contributed by atoms with E-state index in [1.165, 1.54) is 12.3 Å². The van der Waals surface area contributed by atoms with Crippen molar-refractivity contribution in [1.29, 1.82) is 0 Å². The number of hydrogen-bond donors (Lipinski definition) is 1. The second kappa shape index (κ2) is 6.06. The summed E-state index contributed by atoms with van der Waals surface area (Å²) < 4.78 is 42.7. The number of hydrogen-bond acceptors (Lipinski definition) is 4. The Bertz CT molecular complexity index is 862. The molecule has 2 heterocycles. The normalized spacial score (nSPS) is 23.3. The van der Waals surface area contributed by atoms with Gasteiger partial charge in [0.1, 0.15) is 0 Å². The molecule has 0 unspecified atom stereocenters. The van der Waals surface area contributed by atoms with E-state index in [4.69, 9.17) is 0 Å². The van der Waals surface area contributed by atoms with Crippen LogP contribution in [0.4, 0.5) is 4.39 Å². The number of nitrogens with one attached hydrogen (secondary N) is 1. The fraction of sp³-hybridized carbons (Fsp3) is 0.471. The Morgan fingerprint density at radius 2 is 2.08 bits per heavy atom. The zero-order chi connectivity index (χ0) is 16.7. The summed E-state index contributed by atoms with van der Waals surface area (Å²) in [5.41, 5.74) is 0. The number of aromatic nitrogens is 1. The lowest BCUT2D eigenvalue weighted by Gasteiger charge is -2.29. The van der Waals surface area contributed by atoms with Crippen molar-refractivity contribution in [2.24, 2.45) is 5.92 Å². The lowest BCUT2D eigenvalue weighted by Crippen LogP contribution is -2.45. The largest absolute Gasteiger partial charge is 0.315 e. The molecule has 1 atom stereocenters. The monoisotopic (exact) mass is 349 g/mol. The van der Waals surface area contributed by atoms with Crippen molar-refractivity contribution in [3.05, 3.63) is 36.4 Å². The summed E-state index contributed by atoms with van der Waals surface area (Å²) in [4.78, 5) is 3.87. The second-order valence-electron chi connectivity index (χ2n) is 6.55. The van der Waals surface area contributed by atoms with Gasteiger partial charge in [0.25, 0.3) is 0 Å². The highest BCUT2D eigenvalue weighted by molar-refractivity contribution is 7.89. The third-order valence-corrected chi connectivity index (χ3v) is 6.87. The van der Waals surface area contributed by atoms with Gasteiger partial charge >= 0.3 is 0 Å². The minimum atomic E-state index is -3.76. The Labute approximate surface area is 140 Å². The van der Waals surface area contributed by atoms with Gasteiger partial charge in [0.05, 0.1) is 11.1 Å². The highest BCUT2D eigenvalue weighted by Gasteiger charge is 2.41. The standard InChI is InChI=1S/C17H20FN3O2S/c18-14-10-20-9-13-3-1-4-16(17(13)14)24(22,23)21-8-2-7-19-11-15(21)12-5-6-12/h1,3-4,9-10,12,15,19H,2,5-8,11H2/t15-/m0/s1. The van der Waals surface area contributed by atoms with Gasteiger partial charge in [-0.05, 0) is 37.8 Å². The minimum absolute atomic E-state index is 0.0438. The van der Waals surface area contributed by atoms with Gasteiger partial charge in [-0.2, -0.15) is 4.31 Å². The molecule has 128 valence electrons. The molecule has 1 saturated heterocycles. The number of fused-ring (bicyclic) bond motifs is 1. The van der Waals surface area contributed by atoms with Gasteiger partial charge < -0.3 is 5.32 Å². The quantitative estimate of drug-likeness (QED) is 0.922. The number of pyridine rings is 1. The number of sulfonamides is 1. The molecule has 2 aromatic rings. The fourth-order valence-corrected chi connectivity index (χ4v) is 5.51. The fourth-order valence-electron chi connectivity index (χ4n) is 3.56. The molecule has 0 bridgehead atoms. The summed E-state index contributed by atoms with van der Waals surface area (Å²) >= 11 is 0. The molecule has 0 spiro atoms. The van der Waals surface area contributed by atoms with Crippen LogP contribution >= 0.6 is 0 Å². The zero-order valence-electron chi connectivity index (χ0n) is 13.3. The molecule has 0 radical (unpaired) electrons. The number of nitrogens with zero attached hydrogens (tertiary/aromatic N) is 2. The van der Waals surface area contributed by atoms with Crippen LogP contribution in [0.1, 0.15) is 19.3 Å². The highest BCUT2D eigenvalue weighted by Crippen LogP contribution is 2.38. The van der Waals surface area contributed by atoms with Crippen LogP contribution in [-0.4, -0.2) is 43.4 Å². The topological polar surface area (TPSA) is 62.3 Å². The van der Waals surface area contributed by atoms with Crippen molar-refractivity contribution >= 4 is 20.8 Å². The summed E-state index contributed by atoms with van der Waals surface area (Å²) in [6, 6.07) is 4.80. The number of benzene rings is 1. The average Bonchev–Trinajstić information content (AvgIpc) is 3.40. The molecule has 1 aromatic heterocycles. The summed E-state index contributed by atoms with van der Waals surface area (Å²) in [6.07, 6.45) is 5.46. The van der Waals surface area contributed by atoms with Gasteiger partial charge in [0.2, 0.25) is 10.0 Å². The SMILES string of the molecule is O=S(=O)(c1cccc2cncc(F)c12)N1CCCNC[C@H]1C1CC1. The van der Waals surface area contributed by atoms with E-state index in [-0.39, 0.29) is 16.3 Å². The molecule has 1 saturated carbocycles. The van der Waals surface area contributed by atoms with Crippen molar-refractivity contribution in [3.63, 3.8) is 0 Å².